The van der Waals surface area contributed by atoms with E-state index in [9.17, 15) is 13.2 Å². The number of amides is 1. The van der Waals surface area contributed by atoms with Crippen LogP contribution in [0.3, 0.4) is 0 Å². The summed E-state index contributed by atoms with van der Waals surface area (Å²) < 4.78 is 33.6. The largest absolute Gasteiger partial charge is 0.455 e. The maximum absolute atomic E-state index is 12.6. The molecular weight excluding hydrogens is 460 g/mol. The van der Waals surface area contributed by atoms with Crippen molar-refractivity contribution in [1.82, 2.24) is 4.72 Å². The Morgan fingerprint density at radius 1 is 0.714 bits per heavy atom. The van der Waals surface area contributed by atoms with Gasteiger partial charge in [-0.15, -0.1) is 0 Å². The molecule has 1 amide bonds. The average Bonchev–Trinajstić information content (AvgIpc) is 2.89. The van der Waals surface area contributed by atoms with Crippen LogP contribution in [-0.4, -0.2) is 14.3 Å². The number of carbonyl (C=O) groups is 1. The molecule has 0 fully saturated rings. The lowest BCUT2D eigenvalue weighted by atomic mass is 10.1. The first-order valence-electron chi connectivity index (χ1n) is 11.2. The number of sulfonamides is 1. The van der Waals surface area contributed by atoms with Crippen LogP contribution in [0.1, 0.15) is 17.5 Å². The number of benzene rings is 4. The van der Waals surface area contributed by atoms with Gasteiger partial charge in [0.2, 0.25) is 15.9 Å². The number of para-hydroxylation sites is 3. The zero-order chi connectivity index (χ0) is 24.5. The third-order valence-electron chi connectivity index (χ3n) is 5.32. The van der Waals surface area contributed by atoms with Gasteiger partial charge in [-0.3, -0.25) is 4.79 Å². The molecule has 0 saturated heterocycles. The Balaban J connectivity index is 1.31. The summed E-state index contributed by atoms with van der Waals surface area (Å²) in [6.45, 7) is 0.223. The van der Waals surface area contributed by atoms with Gasteiger partial charge < -0.3 is 10.1 Å². The summed E-state index contributed by atoms with van der Waals surface area (Å²) in [4.78, 5) is 12.8. The third-order valence-corrected chi connectivity index (χ3v) is 6.73. The predicted octanol–water partition coefficient (Wildman–Crippen LogP) is 5.53. The molecule has 0 unspecified atom stereocenters. The number of hydrogen-bond donors (Lipinski definition) is 2. The fourth-order valence-electron chi connectivity index (χ4n) is 3.44. The first-order valence-corrected chi connectivity index (χ1v) is 12.7. The van der Waals surface area contributed by atoms with Crippen molar-refractivity contribution in [1.29, 1.82) is 0 Å². The number of aryl methyl sites for hydroxylation is 1. The van der Waals surface area contributed by atoms with Gasteiger partial charge >= 0.3 is 0 Å². The van der Waals surface area contributed by atoms with Gasteiger partial charge in [-0.1, -0.05) is 72.8 Å². The number of hydrogen-bond acceptors (Lipinski definition) is 4. The Kier molecular flexibility index (Phi) is 7.92. The van der Waals surface area contributed by atoms with Gasteiger partial charge in [0.05, 0.1) is 10.6 Å². The van der Waals surface area contributed by atoms with Crippen LogP contribution in [0, 0.1) is 0 Å². The third kappa shape index (κ3) is 7.02. The Labute approximate surface area is 205 Å². The van der Waals surface area contributed by atoms with Crippen LogP contribution in [0.5, 0.6) is 11.5 Å². The molecule has 4 aromatic carbocycles. The number of rotatable bonds is 10. The molecule has 0 aliphatic heterocycles. The van der Waals surface area contributed by atoms with Gasteiger partial charge in [0, 0.05) is 13.0 Å². The summed E-state index contributed by atoms with van der Waals surface area (Å²) >= 11 is 0. The topological polar surface area (TPSA) is 84.5 Å². The molecule has 7 heteroatoms. The summed E-state index contributed by atoms with van der Waals surface area (Å²) in [6, 6.07) is 32.6. The van der Waals surface area contributed by atoms with Gasteiger partial charge in [-0.2, -0.15) is 0 Å². The van der Waals surface area contributed by atoms with E-state index in [4.69, 9.17) is 4.74 Å². The quantitative estimate of drug-likeness (QED) is 0.309. The first kappa shape index (κ1) is 24.2. The van der Waals surface area contributed by atoms with E-state index in [2.05, 4.69) is 10.0 Å². The second-order valence-electron chi connectivity index (χ2n) is 7.91. The molecule has 0 saturated carbocycles. The molecule has 2 N–H and O–H groups in total. The predicted molar refractivity (Wildman–Crippen MR) is 137 cm³/mol. The van der Waals surface area contributed by atoms with Crippen molar-refractivity contribution in [2.75, 3.05) is 5.32 Å². The molecule has 35 heavy (non-hydrogen) atoms. The van der Waals surface area contributed by atoms with Crippen LogP contribution in [0.15, 0.2) is 114 Å². The minimum atomic E-state index is -3.62. The smallest absolute Gasteiger partial charge is 0.240 e. The van der Waals surface area contributed by atoms with Crippen molar-refractivity contribution in [3.63, 3.8) is 0 Å². The molecule has 6 nitrogen and oxygen atoms in total. The van der Waals surface area contributed by atoms with E-state index in [1.54, 1.807) is 36.4 Å². The molecule has 0 spiro atoms. The van der Waals surface area contributed by atoms with Crippen LogP contribution >= 0.6 is 0 Å². The van der Waals surface area contributed by atoms with Crippen molar-refractivity contribution in [3.8, 4) is 11.5 Å². The minimum Gasteiger partial charge on any atom is -0.455 e. The molecule has 0 radical (unpaired) electrons. The molecule has 0 bridgehead atoms. The molecule has 4 rings (SSSR count). The van der Waals surface area contributed by atoms with E-state index in [0.717, 1.165) is 11.1 Å². The Bertz CT molecular complexity index is 1360. The number of carbonyl (C=O) groups excluding carboxylic acids is 1. The summed E-state index contributed by atoms with van der Waals surface area (Å²) in [5, 5.41) is 2.90. The zero-order valence-electron chi connectivity index (χ0n) is 19.1. The highest BCUT2D eigenvalue weighted by atomic mass is 32.2. The molecule has 0 atom stereocenters. The van der Waals surface area contributed by atoms with E-state index < -0.39 is 10.0 Å². The molecule has 0 heterocycles. The van der Waals surface area contributed by atoms with Crippen molar-refractivity contribution in [2.24, 2.45) is 0 Å². The van der Waals surface area contributed by atoms with Crippen molar-refractivity contribution < 1.29 is 17.9 Å². The SMILES string of the molecule is O=C(CCc1ccc(S(=O)(=O)NCc2ccccc2)cc1)Nc1ccccc1Oc1ccccc1. The molecule has 0 aliphatic carbocycles. The van der Waals surface area contributed by atoms with Crippen molar-refractivity contribution in [2.45, 2.75) is 24.3 Å². The number of ether oxygens (including phenoxy) is 1. The van der Waals surface area contributed by atoms with Gasteiger partial charge in [0.15, 0.2) is 5.75 Å². The molecule has 0 aromatic heterocycles. The standard InChI is InChI=1S/C28H26N2O4S/c31-28(30-26-13-7-8-14-27(26)34-24-11-5-2-6-12-24)20-17-22-15-18-25(19-16-22)35(32,33)29-21-23-9-3-1-4-10-23/h1-16,18-19,29H,17,20-21H2,(H,30,31). The number of anilines is 1. The normalized spacial score (nSPS) is 11.1. The van der Waals surface area contributed by atoms with Crippen LogP contribution in [-0.2, 0) is 27.8 Å². The minimum absolute atomic E-state index is 0.157. The monoisotopic (exact) mass is 486 g/mol. The molecular formula is C28H26N2O4S. The highest BCUT2D eigenvalue weighted by molar-refractivity contribution is 7.89. The highest BCUT2D eigenvalue weighted by Gasteiger charge is 2.14. The lowest BCUT2D eigenvalue weighted by molar-refractivity contribution is -0.116. The van der Waals surface area contributed by atoms with E-state index in [-0.39, 0.29) is 23.8 Å². The fraction of sp³-hybridized carbons (Fsp3) is 0.107. The Morgan fingerprint density at radius 2 is 1.34 bits per heavy atom. The van der Waals surface area contributed by atoms with E-state index in [0.29, 0.717) is 23.6 Å². The molecule has 4 aromatic rings. The summed E-state index contributed by atoms with van der Waals surface area (Å²) in [5.41, 5.74) is 2.35. The average molecular weight is 487 g/mol. The summed E-state index contributed by atoms with van der Waals surface area (Å²) in [5.74, 6) is 1.09. The molecule has 178 valence electrons. The van der Waals surface area contributed by atoms with Gasteiger partial charge in [-0.25, -0.2) is 13.1 Å². The van der Waals surface area contributed by atoms with E-state index in [1.165, 1.54) is 0 Å². The Hall–Kier alpha value is -3.94. The van der Waals surface area contributed by atoms with E-state index >= 15 is 0 Å². The van der Waals surface area contributed by atoms with Crippen LogP contribution in [0.4, 0.5) is 5.69 Å². The maximum atomic E-state index is 12.6. The highest BCUT2D eigenvalue weighted by Crippen LogP contribution is 2.29. The fourth-order valence-corrected chi connectivity index (χ4v) is 4.46. The van der Waals surface area contributed by atoms with E-state index in [1.807, 2.05) is 72.8 Å². The lowest BCUT2D eigenvalue weighted by Gasteiger charge is -2.12. The first-order chi connectivity index (χ1) is 17.0. The van der Waals surface area contributed by atoms with Crippen LogP contribution < -0.4 is 14.8 Å². The van der Waals surface area contributed by atoms with Crippen LogP contribution in [0.2, 0.25) is 0 Å². The second-order valence-corrected chi connectivity index (χ2v) is 9.68. The summed E-state index contributed by atoms with van der Waals surface area (Å²) in [7, 11) is -3.62. The van der Waals surface area contributed by atoms with Gasteiger partial charge in [-0.05, 0) is 53.9 Å². The second kappa shape index (κ2) is 11.5. The van der Waals surface area contributed by atoms with Crippen molar-refractivity contribution >= 4 is 21.6 Å². The maximum Gasteiger partial charge on any atom is 0.240 e. The number of nitrogens with one attached hydrogen (secondary N) is 2. The summed E-state index contributed by atoms with van der Waals surface area (Å²) in [6.07, 6.45) is 0.726. The van der Waals surface area contributed by atoms with Gasteiger partial charge in [0.1, 0.15) is 5.75 Å². The molecule has 0 aliphatic rings. The van der Waals surface area contributed by atoms with Crippen molar-refractivity contribution in [3.05, 3.63) is 120 Å². The van der Waals surface area contributed by atoms with Gasteiger partial charge in [0.25, 0.3) is 0 Å². The van der Waals surface area contributed by atoms with Crippen LogP contribution in [0.25, 0.3) is 0 Å². The Morgan fingerprint density at radius 3 is 2.06 bits per heavy atom. The lowest BCUT2D eigenvalue weighted by Crippen LogP contribution is -2.23. The zero-order valence-corrected chi connectivity index (χ0v) is 19.9.